The maximum atomic E-state index is 14.1. The van der Waals surface area contributed by atoms with Gasteiger partial charge in [0.05, 0.1) is 16.5 Å². The second-order valence-corrected chi connectivity index (χ2v) is 8.06. The van der Waals surface area contributed by atoms with E-state index >= 15 is 0 Å². The number of aliphatic imine (C=N–C) groups is 1. The standard InChI is InChI=1S/C19H17FN4OS/c20-12-5-3-6-13-16(12)17(21)23-19(22-13)8-9-24-15(10-19)26-14-7-2-1-4-11(14)18(24)25/h1-7,15,22H,8-10H2,(H2,21,23)/t15-,19-/m1/s1. The Hall–Kier alpha value is -2.54. The van der Waals surface area contributed by atoms with Crippen molar-refractivity contribution >= 4 is 29.2 Å². The lowest BCUT2D eigenvalue weighted by Gasteiger charge is -2.48. The summed E-state index contributed by atoms with van der Waals surface area (Å²) < 4.78 is 14.1. The number of amides is 1. The molecule has 5 nitrogen and oxygen atoms in total. The van der Waals surface area contributed by atoms with Crippen molar-refractivity contribution in [2.24, 2.45) is 10.7 Å². The molecule has 1 amide bonds. The van der Waals surface area contributed by atoms with E-state index in [-0.39, 0.29) is 22.9 Å². The molecule has 0 aromatic heterocycles. The normalized spacial score (nSPS) is 26.5. The van der Waals surface area contributed by atoms with Crippen LogP contribution in [0.3, 0.4) is 0 Å². The largest absolute Gasteiger partial charge is 0.383 e. The predicted octanol–water partition coefficient (Wildman–Crippen LogP) is 3.02. The molecule has 132 valence electrons. The number of hydrogen-bond acceptors (Lipinski definition) is 5. The zero-order valence-electron chi connectivity index (χ0n) is 13.9. The third-order valence-corrected chi connectivity index (χ3v) is 6.54. The Morgan fingerprint density at radius 3 is 3.00 bits per heavy atom. The Bertz CT molecular complexity index is 962. The Morgan fingerprint density at radius 2 is 2.12 bits per heavy atom. The minimum absolute atomic E-state index is 0.0229. The summed E-state index contributed by atoms with van der Waals surface area (Å²) in [4.78, 5) is 20.4. The number of benzene rings is 2. The molecule has 0 radical (unpaired) electrons. The number of piperidine rings is 1. The van der Waals surface area contributed by atoms with Crippen LogP contribution >= 0.6 is 11.8 Å². The number of nitrogens with two attached hydrogens (primary N) is 1. The first-order valence-corrected chi connectivity index (χ1v) is 9.43. The summed E-state index contributed by atoms with van der Waals surface area (Å²) in [5, 5.41) is 3.37. The van der Waals surface area contributed by atoms with E-state index in [4.69, 9.17) is 5.73 Å². The topological polar surface area (TPSA) is 70.7 Å². The van der Waals surface area contributed by atoms with Gasteiger partial charge in [-0.2, -0.15) is 0 Å². The molecule has 1 fully saturated rings. The number of fused-ring (bicyclic) bond motifs is 3. The fourth-order valence-electron chi connectivity index (χ4n) is 4.00. The average molecular weight is 368 g/mol. The fraction of sp³-hybridized carbons (Fsp3) is 0.263. The summed E-state index contributed by atoms with van der Waals surface area (Å²) in [6.07, 6.45) is 1.25. The van der Waals surface area contributed by atoms with Crippen LogP contribution in [0.2, 0.25) is 0 Å². The van der Waals surface area contributed by atoms with E-state index in [1.54, 1.807) is 17.8 Å². The summed E-state index contributed by atoms with van der Waals surface area (Å²) >= 11 is 1.68. The molecule has 3 aliphatic rings. The zero-order valence-corrected chi connectivity index (χ0v) is 14.7. The van der Waals surface area contributed by atoms with E-state index in [2.05, 4.69) is 10.3 Å². The van der Waals surface area contributed by atoms with Gasteiger partial charge in [-0.15, -0.1) is 11.8 Å². The summed E-state index contributed by atoms with van der Waals surface area (Å²) in [5.74, 6) is -0.0871. The maximum Gasteiger partial charge on any atom is 0.255 e. The van der Waals surface area contributed by atoms with Gasteiger partial charge in [-0.1, -0.05) is 18.2 Å². The molecule has 5 rings (SSSR count). The van der Waals surface area contributed by atoms with Crippen LogP contribution in [-0.4, -0.2) is 34.2 Å². The van der Waals surface area contributed by atoms with Crippen LogP contribution in [0.1, 0.15) is 28.8 Å². The SMILES string of the molecule is NC1=N[C@@]2(CCN3C(=O)c4ccccc4S[C@@H]3C2)Nc2cccc(F)c21. The molecule has 0 saturated carbocycles. The molecule has 3 N–H and O–H groups in total. The van der Waals surface area contributed by atoms with Crippen LogP contribution < -0.4 is 11.1 Å². The van der Waals surface area contributed by atoms with E-state index in [0.29, 0.717) is 30.6 Å². The summed E-state index contributed by atoms with van der Waals surface area (Å²) in [6, 6.07) is 12.6. The Morgan fingerprint density at radius 1 is 1.27 bits per heavy atom. The number of anilines is 1. The highest BCUT2D eigenvalue weighted by Crippen LogP contribution is 2.45. The number of halogens is 1. The number of rotatable bonds is 0. The van der Waals surface area contributed by atoms with Crippen molar-refractivity contribution in [1.29, 1.82) is 0 Å². The monoisotopic (exact) mass is 368 g/mol. The summed E-state index contributed by atoms with van der Waals surface area (Å²) in [6.45, 7) is 0.583. The molecule has 2 aromatic rings. The van der Waals surface area contributed by atoms with E-state index < -0.39 is 5.66 Å². The Balaban J connectivity index is 1.50. The number of carbonyl (C=O) groups is 1. The van der Waals surface area contributed by atoms with Crippen LogP contribution in [-0.2, 0) is 0 Å². The number of thioether (sulfide) groups is 1. The third-order valence-electron chi connectivity index (χ3n) is 5.24. The predicted molar refractivity (Wildman–Crippen MR) is 99.8 cm³/mol. The Labute approximate surface area is 154 Å². The molecule has 1 saturated heterocycles. The van der Waals surface area contributed by atoms with Crippen molar-refractivity contribution in [3.63, 3.8) is 0 Å². The van der Waals surface area contributed by atoms with Crippen LogP contribution in [0, 0.1) is 5.82 Å². The third kappa shape index (κ3) is 2.23. The van der Waals surface area contributed by atoms with E-state index in [1.807, 2.05) is 35.2 Å². The second-order valence-electron chi connectivity index (χ2n) is 6.84. The first-order valence-electron chi connectivity index (χ1n) is 8.55. The van der Waals surface area contributed by atoms with Crippen LogP contribution in [0.5, 0.6) is 0 Å². The molecule has 1 spiro atoms. The Kier molecular flexibility index (Phi) is 3.31. The highest BCUT2D eigenvalue weighted by atomic mass is 32.2. The van der Waals surface area contributed by atoms with E-state index in [1.165, 1.54) is 6.07 Å². The van der Waals surface area contributed by atoms with Gasteiger partial charge in [0, 0.05) is 30.0 Å². The van der Waals surface area contributed by atoms with Gasteiger partial charge in [0.25, 0.3) is 5.91 Å². The zero-order chi connectivity index (χ0) is 17.9. The van der Waals surface area contributed by atoms with Crippen LogP contribution in [0.25, 0.3) is 0 Å². The fourth-order valence-corrected chi connectivity index (χ4v) is 5.42. The molecule has 3 heterocycles. The molecule has 26 heavy (non-hydrogen) atoms. The number of hydrogen-bond donors (Lipinski definition) is 2. The number of carbonyl (C=O) groups excluding carboxylic acids is 1. The van der Waals surface area contributed by atoms with Crippen molar-refractivity contribution in [2.45, 2.75) is 28.8 Å². The molecule has 2 atom stereocenters. The van der Waals surface area contributed by atoms with E-state index in [0.717, 1.165) is 10.5 Å². The lowest BCUT2D eigenvalue weighted by molar-refractivity contribution is 0.0638. The van der Waals surface area contributed by atoms with Gasteiger partial charge in [-0.25, -0.2) is 9.38 Å². The second kappa shape index (κ2) is 5.48. The van der Waals surface area contributed by atoms with Gasteiger partial charge < -0.3 is 16.0 Å². The molecule has 7 heteroatoms. The van der Waals surface area contributed by atoms with Gasteiger partial charge in [0.1, 0.15) is 17.3 Å². The first-order chi connectivity index (χ1) is 12.6. The van der Waals surface area contributed by atoms with Crippen molar-refractivity contribution in [3.05, 3.63) is 59.4 Å². The molecular formula is C19H17FN4OS. The van der Waals surface area contributed by atoms with Gasteiger partial charge in [-0.3, -0.25) is 4.79 Å². The molecule has 0 bridgehead atoms. The van der Waals surface area contributed by atoms with Gasteiger partial charge in [-0.05, 0) is 24.3 Å². The van der Waals surface area contributed by atoms with Crippen molar-refractivity contribution < 1.29 is 9.18 Å². The number of nitrogens with zero attached hydrogens (tertiary/aromatic N) is 2. The summed E-state index contributed by atoms with van der Waals surface area (Å²) in [5.41, 5.74) is 7.26. The molecule has 3 aliphatic heterocycles. The number of nitrogens with one attached hydrogen (secondary N) is 1. The lowest BCUT2D eigenvalue weighted by atomic mass is 9.93. The van der Waals surface area contributed by atoms with Crippen molar-refractivity contribution in [2.75, 3.05) is 11.9 Å². The average Bonchev–Trinajstić information content (AvgIpc) is 2.61. The minimum Gasteiger partial charge on any atom is -0.383 e. The molecule has 0 aliphatic carbocycles. The molecular weight excluding hydrogens is 351 g/mol. The smallest absolute Gasteiger partial charge is 0.255 e. The number of amidine groups is 1. The van der Waals surface area contributed by atoms with Crippen LogP contribution in [0.4, 0.5) is 10.1 Å². The van der Waals surface area contributed by atoms with Gasteiger partial charge in [0.2, 0.25) is 0 Å². The van der Waals surface area contributed by atoms with E-state index in [9.17, 15) is 9.18 Å². The van der Waals surface area contributed by atoms with Gasteiger partial charge in [0.15, 0.2) is 0 Å². The van der Waals surface area contributed by atoms with Crippen LogP contribution in [0.15, 0.2) is 52.4 Å². The first kappa shape index (κ1) is 15.7. The summed E-state index contributed by atoms with van der Waals surface area (Å²) in [7, 11) is 0. The quantitative estimate of drug-likeness (QED) is 0.750. The van der Waals surface area contributed by atoms with Gasteiger partial charge >= 0.3 is 0 Å². The minimum atomic E-state index is -0.606. The highest BCUT2D eigenvalue weighted by Gasteiger charge is 2.46. The molecule has 0 unspecified atom stereocenters. The molecule has 2 aromatic carbocycles. The maximum absolute atomic E-state index is 14.1. The lowest BCUT2D eigenvalue weighted by Crippen LogP contribution is -2.56. The highest BCUT2D eigenvalue weighted by molar-refractivity contribution is 8.00. The van der Waals surface area contributed by atoms with Crippen molar-refractivity contribution in [3.8, 4) is 0 Å². The van der Waals surface area contributed by atoms with Crippen molar-refractivity contribution in [1.82, 2.24) is 4.90 Å².